The van der Waals surface area contributed by atoms with Gasteiger partial charge in [-0.2, -0.15) is 0 Å². The van der Waals surface area contributed by atoms with E-state index in [0.717, 1.165) is 42.8 Å². The summed E-state index contributed by atoms with van der Waals surface area (Å²) in [5.41, 5.74) is 3.71. The van der Waals surface area contributed by atoms with Gasteiger partial charge in [0.2, 0.25) is 0 Å². The van der Waals surface area contributed by atoms with Crippen LogP contribution >= 0.6 is 11.3 Å². The highest BCUT2D eigenvalue weighted by molar-refractivity contribution is 7.15. The zero-order valence-corrected chi connectivity index (χ0v) is 15.6. The molecule has 25 heavy (non-hydrogen) atoms. The number of hydrogen-bond acceptors (Lipinski definition) is 5. The topological polar surface area (TPSA) is 28.6 Å². The first-order valence-electron chi connectivity index (χ1n) is 9.49. The normalized spacial score (nSPS) is 21.1. The van der Waals surface area contributed by atoms with E-state index in [0.29, 0.717) is 0 Å². The summed E-state index contributed by atoms with van der Waals surface area (Å²) in [7, 11) is 2.13. The summed E-state index contributed by atoms with van der Waals surface area (Å²) in [5, 5.41) is 1.15. The maximum atomic E-state index is 5.87. The number of hydrogen-bond donors (Lipinski definition) is 0. The van der Waals surface area contributed by atoms with Gasteiger partial charge in [-0.05, 0) is 37.5 Å². The Kier molecular flexibility index (Phi) is 3.94. The second kappa shape index (κ2) is 6.29. The molecule has 1 aliphatic carbocycles. The van der Waals surface area contributed by atoms with E-state index >= 15 is 0 Å². The molecule has 132 valence electrons. The van der Waals surface area contributed by atoms with Gasteiger partial charge in [-0.3, -0.25) is 4.90 Å². The smallest absolute Gasteiger partial charge is 0.143 e. The van der Waals surface area contributed by atoms with Crippen LogP contribution in [0.5, 0.6) is 5.75 Å². The third-order valence-corrected chi connectivity index (χ3v) is 7.14. The fourth-order valence-electron chi connectivity index (χ4n) is 4.11. The largest absolute Gasteiger partial charge is 0.490 e. The van der Waals surface area contributed by atoms with Crippen LogP contribution in [0.3, 0.4) is 0 Å². The lowest BCUT2D eigenvalue weighted by molar-refractivity contribution is 0.133. The number of thiazole rings is 1. The Morgan fingerprint density at radius 2 is 2.04 bits per heavy atom. The third kappa shape index (κ3) is 2.83. The molecule has 1 fully saturated rings. The van der Waals surface area contributed by atoms with Gasteiger partial charge in [0.1, 0.15) is 17.4 Å². The molecule has 2 aliphatic heterocycles. The quantitative estimate of drug-likeness (QED) is 0.823. The van der Waals surface area contributed by atoms with Crippen LogP contribution in [-0.4, -0.2) is 49.2 Å². The molecule has 3 heterocycles. The summed E-state index contributed by atoms with van der Waals surface area (Å²) in [6.07, 6.45) is 6.48. The fourth-order valence-corrected chi connectivity index (χ4v) is 5.20. The fraction of sp³-hybridized carbons (Fsp3) is 0.550. The van der Waals surface area contributed by atoms with Gasteiger partial charge in [0.05, 0.1) is 17.9 Å². The van der Waals surface area contributed by atoms with Crippen molar-refractivity contribution in [1.82, 2.24) is 9.88 Å². The Bertz CT molecular complexity index is 758. The van der Waals surface area contributed by atoms with Crippen molar-refractivity contribution >= 4 is 17.0 Å². The molecule has 0 N–H and O–H groups in total. The Balaban J connectivity index is 1.38. The van der Waals surface area contributed by atoms with Crippen molar-refractivity contribution in [2.75, 3.05) is 38.2 Å². The zero-order valence-electron chi connectivity index (χ0n) is 14.8. The van der Waals surface area contributed by atoms with E-state index in [1.165, 1.54) is 54.2 Å². The lowest BCUT2D eigenvalue weighted by Crippen LogP contribution is -2.41. The number of anilines is 1. The minimum atomic E-state index is 0.762. The van der Waals surface area contributed by atoms with Crippen molar-refractivity contribution in [3.63, 3.8) is 0 Å². The summed E-state index contributed by atoms with van der Waals surface area (Å²) >= 11 is 1.89. The Labute approximate surface area is 153 Å². The molecule has 1 aromatic heterocycles. The second-order valence-electron chi connectivity index (χ2n) is 7.46. The highest BCUT2D eigenvalue weighted by Gasteiger charge is 2.27. The van der Waals surface area contributed by atoms with Gasteiger partial charge in [0.15, 0.2) is 0 Å². The van der Waals surface area contributed by atoms with Crippen molar-refractivity contribution in [2.45, 2.75) is 38.1 Å². The first-order valence-corrected chi connectivity index (χ1v) is 10.3. The molecule has 3 aliphatic rings. The molecule has 0 radical (unpaired) electrons. The highest BCUT2D eigenvalue weighted by atomic mass is 32.1. The minimum Gasteiger partial charge on any atom is -0.490 e. The monoisotopic (exact) mass is 355 g/mol. The van der Waals surface area contributed by atoms with Crippen molar-refractivity contribution in [3.05, 3.63) is 28.8 Å². The molecule has 0 unspecified atom stereocenters. The third-order valence-electron chi connectivity index (χ3n) is 5.93. The molecule has 5 heteroatoms. The number of ether oxygens (including phenoxy) is 1. The average Bonchev–Trinajstić information content (AvgIpc) is 2.89. The van der Waals surface area contributed by atoms with E-state index in [1.54, 1.807) is 0 Å². The number of nitrogens with zero attached hydrogens (tertiary/aromatic N) is 3. The van der Waals surface area contributed by atoms with Gasteiger partial charge in [0.25, 0.3) is 0 Å². The SMILES string of the molecule is CN1CCOc2cc(-c3nc4c(s3)CCN(C3CCC3)CC4)ccc21. The molecule has 0 bridgehead atoms. The number of rotatable bonds is 2. The van der Waals surface area contributed by atoms with Crippen molar-refractivity contribution in [1.29, 1.82) is 0 Å². The standard InChI is InChI=1S/C20H25N3OS/c1-22-11-12-24-18-13-14(5-6-17(18)22)20-21-16-7-9-23(15-3-2-4-15)10-8-19(16)25-20/h5-6,13,15H,2-4,7-12H2,1H3. The molecular formula is C20H25N3OS. The second-order valence-corrected chi connectivity index (χ2v) is 8.55. The van der Waals surface area contributed by atoms with Crippen LogP contribution in [0.4, 0.5) is 5.69 Å². The maximum Gasteiger partial charge on any atom is 0.143 e. The highest BCUT2D eigenvalue weighted by Crippen LogP contribution is 2.38. The molecule has 0 amide bonds. The van der Waals surface area contributed by atoms with E-state index in [-0.39, 0.29) is 0 Å². The average molecular weight is 356 g/mol. The predicted octanol–water partition coefficient (Wildman–Crippen LogP) is 3.59. The van der Waals surface area contributed by atoms with Crippen LogP contribution in [0.2, 0.25) is 0 Å². The van der Waals surface area contributed by atoms with Crippen LogP contribution in [0.15, 0.2) is 18.2 Å². The Hall–Kier alpha value is -1.59. The van der Waals surface area contributed by atoms with Crippen LogP contribution in [0.1, 0.15) is 29.8 Å². The lowest BCUT2D eigenvalue weighted by atomic mass is 9.91. The van der Waals surface area contributed by atoms with Crippen molar-refractivity contribution in [3.8, 4) is 16.3 Å². The molecule has 0 saturated heterocycles. The van der Waals surface area contributed by atoms with E-state index in [2.05, 4.69) is 35.0 Å². The molecule has 4 nitrogen and oxygen atoms in total. The van der Waals surface area contributed by atoms with Crippen molar-refractivity contribution in [2.24, 2.45) is 0 Å². The lowest BCUT2D eigenvalue weighted by Gasteiger charge is -2.36. The van der Waals surface area contributed by atoms with Crippen LogP contribution < -0.4 is 9.64 Å². The Morgan fingerprint density at radius 1 is 1.16 bits per heavy atom. The molecule has 5 rings (SSSR count). The van der Waals surface area contributed by atoms with Crippen LogP contribution in [-0.2, 0) is 12.8 Å². The van der Waals surface area contributed by atoms with Gasteiger partial charge < -0.3 is 9.64 Å². The summed E-state index contributed by atoms with van der Waals surface area (Å²) in [5.74, 6) is 0.993. The minimum absolute atomic E-state index is 0.762. The van der Waals surface area contributed by atoms with E-state index in [4.69, 9.17) is 9.72 Å². The van der Waals surface area contributed by atoms with Crippen molar-refractivity contribution < 1.29 is 4.74 Å². The van der Waals surface area contributed by atoms with E-state index in [1.807, 2.05) is 11.3 Å². The Morgan fingerprint density at radius 3 is 2.88 bits per heavy atom. The van der Waals surface area contributed by atoms with Crippen LogP contribution in [0.25, 0.3) is 10.6 Å². The first kappa shape index (κ1) is 15.6. The summed E-state index contributed by atoms with van der Waals surface area (Å²) < 4.78 is 5.87. The van der Waals surface area contributed by atoms with Gasteiger partial charge in [-0.1, -0.05) is 6.42 Å². The molecule has 0 atom stereocenters. The molecular weight excluding hydrogens is 330 g/mol. The first-order chi connectivity index (χ1) is 12.3. The molecule has 0 spiro atoms. The number of likely N-dealkylation sites (N-methyl/N-ethyl adjacent to an activating group) is 1. The van der Waals surface area contributed by atoms with Gasteiger partial charge in [-0.15, -0.1) is 11.3 Å². The predicted molar refractivity (Wildman–Crippen MR) is 103 cm³/mol. The number of fused-ring (bicyclic) bond motifs is 2. The molecule has 1 saturated carbocycles. The number of benzene rings is 1. The van der Waals surface area contributed by atoms with Gasteiger partial charge in [0, 0.05) is 43.0 Å². The van der Waals surface area contributed by atoms with E-state index in [9.17, 15) is 0 Å². The van der Waals surface area contributed by atoms with E-state index < -0.39 is 0 Å². The summed E-state index contributed by atoms with van der Waals surface area (Å²) in [6.45, 7) is 4.10. The number of aromatic nitrogens is 1. The molecule has 2 aromatic rings. The summed E-state index contributed by atoms with van der Waals surface area (Å²) in [6, 6.07) is 7.39. The van der Waals surface area contributed by atoms with Gasteiger partial charge >= 0.3 is 0 Å². The van der Waals surface area contributed by atoms with Gasteiger partial charge in [-0.25, -0.2) is 4.98 Å². The van der Waals surface area contributed by atoms with Crippen LogP contribution in [0, 0.1) is 0 Å². The molecule has 1 aromatic carbocycles. The zero-order chi connectivity index (χ0) is 16.8. The maximum absolute atomic E-state index is 5.87. The summed E-state index contributed by atoms with van der Waals surface area (Å²) in [4.78, 5) is 11.5.